The summed E-state index contributed by atoms with van der Waals surface area (Å²) in [6.07, 6.45) is 3.38. The second-order valence-electron chi connectivity index (χ2n) is 5.09. The average Bonchev–Trinajstić information content (AvgIpc) is 2.95. The van der Waals surface area contributed by atoms with Crippen molar-refractivity contribution in [2.75, 3.05) is 31.1 Å². The van der Waals surface area contributed by atoms with Crippen molar-refractivity contribution in [2.24, 2.45) is 0 Å². The average molecular weight is 329 g/mol. The highest BCUT2D eigenvalue weighted by molar-refractivity contribution is 7.63. The van der Waals surface area contributed by atoms with E-state index < -0.39 is 19.9 Å². The van der Waals surface area contributed by atoms with Crippen molar-refractivity contribution < 1.29 is 13.7 Å². The number of ether oxygens (including phenoxy) is 1. The molecule has 0 fully saturated rings. The zero-order chi connectivity index (χ0) is 16.2. The molecule has 122 valence electrons. The fourth-order valence-electron chi connectivity index (χ4n) is 2.05. The second kappa shape index (κ2) is 7.15. The van der Waals surface area contributed by atoms with Crippen LogP contribution in [0.25, 0.3) is 11.2 Å². The highest BCUT2D eigenvalue weighted by Crippen LogP contribution is 2.44. The van der Waals surface area contributed by atoms with Gasteiger partial charge < -0.3 is 19.6 Å². The maximum atomic E-state index is 13.2. The Hall–Kier alpha value is -1.53. The van der Waals surface area contributed by atoms with E-state index in [1.807, 2.05) is 13.8 Å². The predicted octanol–water partition coefficient (Wildman–Crippen LogP) is 2.12. The summed E-state index contributed by atoms with van der Waals surface area (Å²) < 4.78 is 32.7. The van der Waals surface area contributed by atoms with Crippen molar-refractivity contribution >= 4 is 24.1 Å². The molecule has 0 saturated carbocycles. The molecule has 7 nitrogen and oxygen atoms in total. The molecule has 22 heavy (non-hydrogen) atoms. The Labute approximate surface area is 128 Å². The van der Waals surface area contributed by atoms with E-state index in [4.69, 9.17) is 10.5 Å². The SMILES string of the molecule is CCP(=O)(CC)CO[C@@H](CF)Cn1cnc2c(N)ncnc21. The number of halogens is 1. The van der Waals surface area contributed by atoms with Gasteiger partial charge in [-0.15, -0.1) is 0 Å². The minimum atomic E-state index is -2.35. The van der Waals surface area contributed by atoms with Crippen molar-refractivity contribution in [3.8, 4) is 0 Å². The fourth-order valence-corrected chi connectivity index (χ4v) is 3.34. The summed E-state index contributed by atoms with van der Waals surface area (Å²) in [5, 5.41) is 0. The first-order valence-corrected chi connectivity index (χ1v) is 9.45. The third kappa shape index (κ3) is 3.62. The smallest absolute Gasteiger partial charge is 0.165 e. The summed E-state index contributed by atoms with van der Waals surface area (Å²) >= 11 is 0. The van der Waals surface area contributed by atoms with E-state index in [0.717, 1.165) is 0 Å². The van der Waals surface area contributed by atoms with Gasteiger partial charge in [-0.2, -0.15) is 0 Å². The standard InChI is InChI=1S/C13H21FN5O2P/c1-3-22(20,4-2)9-21-10(5-14)6-19-8-18-11-12(15)16-7-17-13(11)19/h7-8,10H,3-6,9H2,1-2H3,(H2,15,16,17)/t10-/m0/s1. The summed E-state index contributed by atoms with van der Waals surface area (Å²) in [4.78, 5) is 12.1. The normalized spacial score (nSPS) is 13.6. The van der Waals surface area contributed by atoms with Gasteiger partial charge >= 0.3 is 0 Å². The lowest BCUT2D eigenvalue weighted by molar-refractivity contribution is 0.0521. The Kier molecular flexibility index (Phi) is 5.47. The Morgan fingerprint density at radius 2 is 2.09 bits per heavy atom. The molecule has 2 N–H and O–H groups in total. The Morgan fingerprint density at radius 1 is 1.36 bits per heavy atom. The van der Waals surface area contributed by atoms with Crippen molar-refractivity contribution in [1.29, 1.82) is 0 Å². The van der Waals surface area contributed by atoms with Gasteiger partial charge in [-0.05, 0) is 0 Å². The van der Waals surface area contributed by atoms with Crippen LogP contribution < -0.4 is 5.73 Å². The van der Waals surface area contributed by atoms with Crippen LogP contribution in [0.2, 0.25) is 0 Å². The Balaban J connectivity index is 2.09. The topological polar surface area (TPSA) is 95.9 Å². The molecule has 0 unspecified atom stereocenters. The number of hydrogen-bond donors (Lipinski definition) is 1. The third-order valence-corrected chi connectivity index (χ3v) is 6.62. The van der Waals surface area contributed by atoms with Crippen LogP contribution in [0.1, 0.15) is 13.8 Å². The lowest BCUT2D eigenvalue weighted by Gasteiger charge is -2.20. The number of hydrogen-bond acceptors (Lipinski definition) is 6. The van der Waals surface area contributed by atoms with Crippen molar-refractivity contribution in [3.05, 3.63) is 12.7 Å². The van der Waals surface area contributed by atoms with E-state index in [1.165, 1.54) is 12.7 Å². The quantitative estimate of drug-likeness (QED) is 0.745. The van der Waals surface area contributed by atoms with Gasteiger partial charge in [0.1, 0.15) is 38.1 Å². The molecule has 2 heterocycles. The summed E-state index contributed by atoms with van der Waals surface area (Å²) in [5.74, 6) is 0.280. The molecular formula is C13H21FN5O2P. The molecule has 2 aromatic heterocycles. The molecule has 9 heteroatoms. The number of rotatable bonds is 8. The number of aromatic nitrogens is 4. The van der Waals surface area contributed by atoms with Gasteiger partial charge in [0, 0.05) is 12.3 Å². The van der Waals surface area contributed by atoms with Crippen LogP contribution >= 0.6 is 7.14 Å². The van der Waals surface area contributed by atoms with E-state index >= 15 is 0 Å². The van der Waals surface area contributed by atoms with Crippen LogP contribution in [0.15, 0.2) is 12.7 Å². The van der Waals surface area contributed by atoms with Crippen molar-refractivity contribution in [1.82, 2.24) is 19.5 Å². The second-order valence-corrected chi connectivity index (χ2v) is 8.73. The molecule has 0 amide bonds. The first-order chi connectivity index (χ1) is 10.5. The monoisotopic (exact) mass is 329 g/mol. The first-order valence-electron chi connectivity index (χ1n) is 7.19. The number of nitrogens with zero attached hydrogens (tertiary/aromatic N) is 4. The van der Waals surface area contributed by atoms with Gasteiger partial charge in [0.25, 0.3) is 0 Å². The maximum Gasteiger partial charge on any atom is 0.165 e. The lowest BCUT2D eigenvalue weighted by atomic mass is 10.4. The maximum absolute atomic E-state index is 13.2. The molecule has 0 radical (unpaired) electrons. The van der Waals surface area contributed by atoms with E-state index in [1.54, 1.807) is 4.57 Å². The molecule has 2 rings (SSSR count). The Morgan fingerprint density at radius 3 is 2.73 bits per heavy atom. The molecular weight excluding hydrogens is 308 g/mol. The fraction of sp³-hybridized carbons (Fsp3) is 0.615. The summed E-state index contributed by atoms with van der Waals surface area (Å²) in [7, 11) is -2.35. The summed E-state index contributed by atoms with van der Waals surface area (Å²) in [6, 6.07) is 0. The van der Waals surface area contributed by atoms with Gasteiger partial charge in [-0.25, -0.2) is 19.3 Å². The largest absolute Gasteiger partial charge is 0.382 e. The highest BCUT2D eigenvalue weighted by Gasteiger charge is 2.21. The van der Waals surface area contributed by atoms with Crippen LogP contribution in [0.4, 0.5) is 10.2 Å². The summed E-state index contributed by atoms with van der Waals surface area (Å²) in [6.45, 7) is 3.28. The molecule has 0 aliphatic heterocycles. The van der Waals surface area contributed by atoms with E-state index in [9.17, 15) is 8.96 Å². The highest BCUT2D eigenvalue weighted by atomic mass is 31.2. The van der Waals surface area contributed by atoms with Crippen LogP contribution in [0, 0.1) is 0 Å². The summed E-state index contributed by atoms with van der Waals surface area (Å²) in [5.41, 5.74) is 6.73. The zero-order valence-corrected chi connectivity index (χ0v) is 13.7. The van der Waals surface area contributed by atoms with E-state index in [2.05, 4.69) is 15.0 Å². The Bertz CT molecular complexity index is 669. The molecule has 0 saturated heterocycles. The molecule has 0 spiro atoms. The third-order valence-electron chi connectivity index (χ3n) is 3.70. The number of nitrogen functional groups attached to an aromatic ring is 1. The molecule has 2 aromatic rings. The van der Waals surface area contributed by atoms with Crippen molar-refractivity contribution in [2.45, 2.75) is 26.5 Å². The molecule has 0 aromatic carbocycles. The number of alkyl halides is 1. The number of imidazole rings is 1. The van der Waals surface area contributed by atoms with Gasteiger partial charge in [0.05, 0.1) is 12.9 Å². The zero-order valence-electron chi connectivity index (χ0n) is 12.8. The predicted molar refractivity (Wildman–Crippen MR) is 84.1 cm³/mol. The minimum absolute atomic E-state index is 0.0956. The van der Waals surface area contributed by atoms with E-state index in [-0.39, 0.29) is 18.7 Å². The van der Waals surface area contributed by atoms with E-state index in [0.29, 0.717) is 23.5 Å². The van der Waals surface area contributed by atoms with Crippen LogP contribution in [0.3, 0.4) is 0 Å². The molecule has 0 bridgehead atoms. The van der Waals surface area contributed by atoms with Gasteiger partial charge in [0.2, 0.25) is 0 Å². The molecule has 0 aliphatic rings. The number of anilines is 1. The number of fused-ring (bicyclic) bond motifs is 1. The minimum Gasteiger partial charge on any atom is -0.382 e. The van der Waals surface area contributed by atoms with Gasteiger partial charge in [-0.3, -0.25) is 0 Å². The van der Waals surface area contributed by atoms with Gasteiger partial charge in [0.15, 0.2) is 11.5 Å². The van der Waals surface area contributed by atoms with Crippen LogP contribution in [-0.4, -0.2) is 51.0 Å². The van der Waals surface area contributed by atoms with Gasteiger partial charge in [-0.1, -0.05) is 13.8 Å². The first kappa shape index (κ1) is 16.8. The molecule has 1 atom stereocenters. The molecule has 0 aliphatic carbocycles. The number of nitrogens with two attached hydrogens (primary N) is 1. The lowest BCUT2D eigenvalue weighted by Crippen LogP contribution is -2.23. The van der Waals surface area contributed by atoms with Crippen molar-refractivity contribution in [3.63, 3.8) is 0 Å². The van der Waals surface area contributed by atoms with Crippen LogP contribution in [-0.2, 0) is 15.8 Å². The van der Waals surface area contributed by atoms with Crippen LogP contribution in [0.5, 0.6) is 0 Å².